The van der Waals surface area contributed by atoms with Crippen LogP contribution in [0.3, 0.4) is 0 Å². The van der Waals surface area contributed by atoms with E-state index in [1.165, 1.54) is 0 Å². The lowest BCUT2D eigenvalue weighted by Crippen LogP contribution is -2.51. The molecule has 0 heterocycles. The monoisotopic (exact) mass is 299 g/mol. The molecule has 0 aromatic heterocycles. The zero-order valence-corrected chi connectivity index (χ0v) is 12.1. The number of rotatable bonds is 3. The van der Waals surface area contributed by atoms with Crippen molar-refractivity contribution in [3.05, 3.63) is 33.8 Å². The number of carbonyl (C=O) groups is 1. The fourth-order valence-electron chi connectivity index (χ4n) is 1.32. The third-order valence-electron chi connectivity index (χ3n) is 2.99. The Morgan fingerprint density at radius 1 is 1.47 bits per heavy atom. The maximum absolute atomic E-state index is 12.1. The molecule has 3 nitrogen and oxygen atoms in total. The van der Waals surface area contributed by atoms with E-state index in [-0.39, 0.29) is 5.91 Å². The Morgan fingerprint density at radius 2 is 2.06 bits per heavy atom. The fourth-order valence-corrected chi connectivity index (χ4v) is 1.68. The van der Waals surface area contributed by atoms with Crippen LogP contribution in [-0.2, 0) is 0 Å². The number of benzene rings is 1. The zero-order valence-electron chi connectivity index (χ0n) is 10.5. The van der Waals surface area contributed by atoms with Gasteiger partial charge in [-0.2, -0.15) is 0 Å². The Labute approximate surface area is 110 Å². The lowest BCUT2D eigenvalue weighted by atomic mass is 9.97. The van der Waals surface area contributed by atoms with Gasteiger partial charge in [0.1, 0.15) is 0 Å². The number of nitrogens with one attached hydrogen (secondary N) is 1. The molecule has 0 aliphatic heterocycles. The van der Waals surface area contributed by atoms with Gasteiger partial charge >= 0.3 is 0 Å². The first-order valence-corrected chi connectivity index (χ1v) is 6.30. The van der Waals surface area contributed by atoms with Crippen molar-refractivity contribution in [3.8, 4) is 0 Å². The summed E-state index contributed by atoms with van der Waals surface area (Å²) in [6, 6.07) is 5.49. The minimum absolute atomic E-state index is 0.172. The lowest BCUT2D eigenvalue weighted by molar-refractivity contribution is 0.0709. The van der Waals surface area contributed by atoms with E-state index in [1.807, 2.05) is 19.1 Å². The van der Waals surface area contributed by atoms with Crippen LogP contribution in [0.25, 0.3) is 0 Å². The van der Waals surface area contributed by atoms with Crippen LogP contribution >= 0.6 is 15.9 Å². The topological polar surface area (TPSA) is 49.3 Å². The summed E-state index contributed by atoms with van der Waals surface area (Å²) in [5.41, 5.74) is 0.866. The van der Waals surface area contributed by atoms with Crippen molar-refractivity contribution in [2.75, 3.05) is 0 Å². The normalized spacial score (nSPS) is 13.3. The average molecular weight is 300 g/mol. The summed E-state index contributed by atoms with van der Waals surface area (Å²) in [6.07, 6.45) is -0.612. The summed E-state index contributed by atoms with van der Waals surface area (Å²) < 4.78 is 0.903. The molecule has 1 aromatic rings. The predicted molar refractivity (Wildman–Crippen MR) is 72.1 cm³/mol. The molecule has 4 heteroatoms. The largest absolute Gasteiger partial charge is 0.391 e. The Morgan fingerprint density at radius 3 is 2.59 bits per heavy atom. The number of aliphatic hydroxyl groups is 1. The number of hydrogen-bond acceptors (Lipinski definition) is 2. The number of carbonyl (C=O) groups excluding carboxylic acids is 1. The van der Waals surface area contributed by atoms with Gasteiger partial charge in [-0.3, -0.25) is 4.79 Å². The molecule has 2 N–H and O–H groups in total. The number of hydrogen-bond donors (Lipinski definition) is 2. The molecular formula is C13H18BrNO2. The molecule has 0 aliphatic carbocycles. The number of amides is 1. The van der Waals surface area contributed by atoms with Gasteiger partial charge in [0.2, 0.25) is 0 Å². The molecule has 0 saturated heterocycles. The highest BCUT2D eigenvalue weighted by Gasteiger charge is 2.27. The lowest BCUT2D eigenvalue weighted by Gasteiger charge is -2.29. The summed E-state index contributed by atoms with van der Waals surface area (Å²) >= 11 is 3.39. The second-order valence-electron chi connectivity index (χ2n) is 4.76. The molecule has 1 atom stereocenters. The molecular weight excluding hydrogens is 282 g/mol. The number of halogens is 1. The molecule has 94 valence electrons. The van der Waals surface area contributed by atoms with Gasteiger partial charge in [0.05, 0.1) is 11.6 Å². The van der Waals surface area contributed by atoms with E-state index in [0.717, 1.165) is 10.0 Å². The molecule has 0 radical (unpaired) electrons. The Bertz CT molecular complexity index is 427. The second kappa shape index (κ2) is 5.19. The zero-order chi connectivity index (χ0) is 13.2. The Balaban J connectivity index is 2.95. The molecule has 0 spiro atoms. The highest BCUT2D eigenvalue weighted by atomic mass is 79.9. The van der Waals surface area contributed by atoms with Gasteiger partial charge in [0, 0.05) is 10.0 Å². The second-order valence-corrected chi connectivity index (χ2v) is 5.62. The first-order valence-electron chi connectivity index (χ1n) is 5.51. The van der Waals surface area contributed by atoms with Crippen LogP contribution in [0.2, 0.25) is 0 Å². The smallest absolute Gasteiger partial charge is 0.252 e. The maximum atomic E-state index is 12.1. The van der Waals surface area contributed by atoms with Crippen LogP contribution in [0, 0.1) is 6.92 Å². The van der Waals surface area contributed by atoms with E-state index in [0.29, 0.717) is 5.56 Å². The highest BCUT2D eigenvalue weighted by Crippen LogP contribution is 2.20. The van der Waals surface area contributed by atoms with Crippen LogP contribution in [-0.4, -0.2) is 22.7 Å². The summed E-state index contributed by atoms with van der Waals surface area (Å²) in [5.74, 6) is -0.172. The standard InChI is InChI=1S/C13H18BrNO2/c1-8-10(6-5-7-11(8)14)12(17)15-13(3,4)9(2)16/h5-7,9,16H,1-4H3,(H,15,17). The first-order chi connectivity index (χ1) is 7.75. The van der Waals surface area contributed by atoms with Crippen molar-refractivity contribution in [3.63, 3.8) is 0 Å². The van der Waals surface area contributed by atoms with E-state index in [9.17, 15) is 9.90 Å². The van der Waals surface area contributed by atoms with Crippen molar-refractivity contribution in [1.29, 1.82) is 0 Å². The predicted octanol–water partition coefficient (Wildman–Crippen LogP) is 2.65. The van der Waals surface area contributed by atoms with Crippen molar-refractivity contribution in [2.24, 2.45) is 0 Å². The summed E-state index contributed by atoms with van der Waals surface area (Å²) in [6.45, 7) is 7.13. The summed E-state index contributed by atoms with van der Waals surface area (Å²) in [7, 11) is 0. The maximum Gasteiger partial charge on any atom is 0.252 e. The first kappa shape index (κ1) is 14.2. The van der Waals surface area contributed by atoms with E-state index >= 15 is 0 Å². The SMILES string of the molecule is Cc1c(Br)cccc1C(=O)NC(C)(C)C(C)O. The Hall–Kier alpha value is -0.870. The van der Waals surface area contributed by atoms with Gasteiger partial charge in [-0.15, -0.1) is 0 Å². The minimum Gasteiger partial charge on any atom is -0.391 e. The molecule has 1 rings (SSSR count). The van der Waals surface area contributed by atoms with Crippen LogP contribution in [0.5, 0.6) is 0 Å². The molecule has 0 fully saturated rings. The highest BCUT2D eigenvalue weighted by molar-refractivity contribution is 9.10. The van der Waals surface area contributed by atoms with Crippen LogP contribution in [0.15, 0.2) is 22.7 Å². The van der Waals surface area contributed by atoms with Crippen LogP contribution < -0.4 is 5.32 Å². The molecule has 1 aromatic carbocycles. The van der Waals surface area contributed by atoms with Gasteiger partial charge < -0.3 is 10.4 Å². The third kappa shape index (κ3) is 3.30. The van der Waals surface area contributed by atoms with E-state index in [1.54, 1.807) is 26.8 Å². The van der Waals surface area contributed by atoms with Gasteiger partial charge in [-0.1, -0.05) is 22.0 Å². The van der Waals surface area contributed by atoms with Gasteiger partial charge in [-0.25, -0.2) is 0 Å². The van der Waals surface area contributed by atoms with Gasteiger partial charge in [-0.05, 0) is 45.4 Å². The van der Waals surface area contributed by atoms with E-state index in [4.69, 9.17) is 0 Å². The minimum atomic E-state index is -0.647. The van der Waals surface area contributed by atoms with Gasteiger partial charge in [0.15, 0.2) is 0 Å². The van der Waals surface area contributed by atoms with E-state index in [2.05, 4.69) is 21.2 Å². The summed E-state index contributed by atoms with van der Waals surface area (Å²) in [4.78, 5) is 12.1. The number of aliphatic hydroxyl groups excluding tert-OH is 1. The molecule has 0 aliphatic rings. The van der Waals surface area contributed by atoms with Crippen molar-refractivity contribution in [1.82, 2.24) is 5.32 Å². The quantitative estimate of drug-likeness (QED) is 0.901. The van der Waals surface area contributed by atoms with Crippen LogP contribution in [0.4, 0.5) is 0 Å². The molecule has 1 unspecified atom stereocenters. The van der Waals surface area contributed by atoms with Crippen molar-refractivity contribution < 1.29 is 9.90 Å². The van der Waals surface area contributed by atoms with E-state index < -0.39 is 11.6 Å². The average Bonchev–Trinajstić information content (AvgIpc) is 2.21. The fraction of sp³-hybridized carbons (Fsp3) is 0.462. The van der Waals surface area contributed by atoms with Gasteiger partial charge in [0.25, 0.3) is 5.91 Å². The molecule has 0 saturated carbocycles. The summed E-state index contributed by atoms with van der Waals surface area (Å²) in [5, 5.41) is 12.4. The van der Waals surface area contributed by atoms with Crippen molar-refractivity contribution in [2.45, 2.75) is 39.3 Å². The molecule has 0 bridgehead atoms. The van der Waals surface area contributed by atoms with Crippen LogP contribution in [0.1, 0.15) is 36.7 Å². The Kier molecular flexibility index (Phi) is 4.33. The molecule has 17 heavy (non-hydrogen) atoms. The molecule has 1 amide bonds. The van der Waals surface area contributed by atoms with Crippen molar-refractivity contribution >= 4 is 21.8 Å². The third-order valence-corrected chi connectivity index (χ3v) is 3.85.